The van der Waals surface area contributed by atoms with Crippen molar-refractivity contribution in [2.24, 2.45) is 5.92 Å². The lowest BCUT2D eigenvalue weighted by molar-refractivity contribution is 0.140. The van der Waals surface area contributed by atoms with Crippen molar-refractivity contribution in [1.29, 1.82) is 0 Å². The fourth-order valence-corrected chi connectivity index (χ4v) is 3.03. The molecule has 0 radical (unpaired) electrons. The third kappa shape index (κ3) is 2.40. The largest absolute Gasteiger partial charge is 0.468 e. The van der Waals surface area contributed by atoms with Gasteiger partial charge in [-0.25, -0.2) is 0 Å². The first kappa shape index (κ1) is 11.3. The number of nitrogens with zero attached hydrogens (tertiary/aromatic N) is 1. The van der Waals surface area contributed by atoms with Crippen LogP contribution in [0.25, 0.3) is 0 Å². The van der Waals surface area contributed by atoms with Crippen molar-refractivity contribution in [3.63, 3.8) is 0 Å². The van der Waals surface area contributed by atoms with Gasteiger partial charge in [-0.05, 0) is 37.4 Å². The van der Waals surface area contributed by atoms with Crippen LogP contribution in [0, 0.1) is 5.92 Å². The van der Waals surface area contributed by atoms with Gasteiger partial charge in [0.15, 0.2) is 0 Å². The molecule has 2 aliphatic rings. The van der Waals surface area contributed by atoms with Crippen molar-refractivity contribution in [3.05, 3.63) is 24.2 Å². The first-order chi connectivity index (χ1) is 8.38. The molecule has 0 aromatic carbocycles. The van der Waals surface area contributed by atoms with Crippen LogP contribution in [0.5, 0.6) is 0 Å². The van der Waals surface area contributed by atoms with Gasteiger partial charge in [0, 0.05) is 18.6 Å². The van der Waals surface area contributed by atoms with E-state index in [-0.39, 0.29) is 0 Å². The SMILES string of the molecule is CCC1CNCC1N(Cc1ccco1)C1CC1. The lowest BCUT2D eigenvalue weighted by Gasteiger charge is -2.31. The van der Waals surface area contributed by atoms with Crippen molar-refractivity contribution >= 4 is 0 Å². The second-order valence-electron chi connectivity index (χ2n) is 5.38. The van der Waals surface area contributed by atoms with Gasteiger partial charge in [-0.15, -0.1) is 0 Å². The molecule has 1 saturated carbocycles. The topological polar surface area (TPSA) is 28.4 Å². The fourth-order valence-electron chi connectivity index (χ4n) is 3.03. The summed E-state index contributed by atoms with van der Waals surface area (Å²) in [6, 6.07) is 5.60. The molecule has 1 N–H and O–H groups in total. The van der Waals surface area contributed by atoms with E-state index in [9.17, 15) is 0 Å². The Hall–Kier alpha value is -0.800. The molecular formula is C14H22N2O. The van der Waals surface area contributed by atoms with Crippen molar-refractivity contribution in [2.45, 2.75) is 44.8 Å². The highest BCUT2D eigenvalue weighted by Crippen LogP contribution is 2.34. The molecule has 2 atom stereocenters. The van der Waals surface area contributed by atoms with Crippen molar-refractivity contribution < 1.29 is 4.42 Å². The van der Waals surface area contributed by atoms with Gasteiger partial charge in [-0.2, -0.15) is 0 Å². The van der Waals surface area contributed by atoms with Crippen LogP contribution in [0.15, 0.2) is 22.8 Å². The van der Waals surface area contributed by atoms with E-state index < -0.39 is 0 Å². The van der Waals surface area contributed by atoms with E-state index in [4.69, 9.17) is 4.42 Å². The molecule has 0 bridgehead atoms. The summed E-state index contributed by atoms with van der Waals surface area (Å²) in [4.78, 5) is 2.67. The molecule has 3 heteroatoms. The second-order valence-corrected chi connectivity index (χ2v) is 5.38. The minimum Gasteiger partial charge on any atom is -0.468 e. The highest BCUT2D eigenvalue weighted by Gasteiger charge is 2.39. The summed E-state index contributed by atoms with van der Waals surface area (Å²) >= 11 is 0. The molecular weight excluding hydrogens is 212 g/mol. The van der Waals surface area contributed by atoms with Crippen LogP contribution in [0.1, 0.15) is 31.9 Å². The maximum absolute atomic E-state index is 5.51. The number of hydrogen-bond donors (Lipinski definition) is 1. The van der Waals surface area contributed by atoms with E-state index in [0.717, 1.165) is 30.8 Å². The minimum atomic E-state index is 0.706. The van der Waals surface area contributed by atoms with Gasteiger partial charge in [0.05, 0.1) is 12.8 Å². The summed E-state index contributed by atoms with van der Waals surface area (Å²) in [6.45, 7) is 5.63. The van der Waals surface area contributed by atoms with Crippen molar-refractivity contribution in [3.8, 4) is 0 Å². The van der Waals surface area contributed by atoms with Gasteiger partial charge in [0.25, 0.3) is 0 Å². The van der Waals surface area contributed by atoms with Crippen LogP contribution in [-0.4, -0.2) is 30.1 Å². The zero-order valence-electron chi connectivity index (χ0n) is 10.6. The minimum absolute atomic E-state index is 0.706. The molecule has 1 aliphatic heterocycles. The molecule has 2 unspecified atom stereocenters. The summed E-state index contributed by atoms with van der Waals surface area (Å²) in [6.07, 6.45) is 5.80. The van der Waals surface area contributed by atoms with Gasteiger partial charge in [-0.1, -0.05) is 13.3 Å². The van der Waals surface area contributed by atoms with Gasteiger partial charge in [0.1, 0.15) is 5.76 Å². The maximum atomic E-state index is 5.51. The zero-order valence-corrected chi connectivity index (χ0v) is 10.6. The Bertz CT molecular complexity index is 345. The Morgan fingerprint density at radius 1 is 1.41 bits per heavy atom. The molecule has 1 aromatic rings. The number of nitrogens with one attached hydrogen (secondary N) is 1. The number of furan rings is 1. The normalized spacial score (nSPS) is 29.1. The molecule has 2 heterocycles. The van der Waals surface area contributed by atoms with E-state index in [1.54, 1.807) is 6.26 Å². The summed E-state index contributed by atoms with van der Waals surface area (Å²) < 4.78 is 5.51. The van der Waals surface area contributed by atoms with Crippen LogP contribution in [0.3, 0.4) is 0 Å². The number of hydrogen-bond acceptors (Lipinski definition) is 3. The fraction of sp³-hybridized carbons (Fsp3) is 0.714. The van der Waals surface area contributed by atoms with E-state index in [1.165, 1.54) is 25.8 Å². The first-order valence-corrected chi connectivity index (χ1v) is 6.87. The van der Waals surface area contributed by atoms with Gasteiger partial charge >= 0.3 is 0 Å². The summed E-state index contributed by atoms with van der Waals surface area (Å²) in [5.74, 6) is 1.92. The van der Waals surface area contributed by atoms with E-state index in [1.807, 2.05) is 6.07 Å². The predicted octanol–water partition coefficient (Wildman–Crippen LogP) is 2.24. The average molecular weight is 234 g/mol. The van der Waals surface area contributed by atoms with Gasteiger partial charge in [-0.3, -0.25) is 4.90 Å². The molecule has 2 fully saturated rings. The van der Waals surface area contributed by atoms with Crippen LogP contribution < -0.4 is 5.32 Å². The molecule has 3 nitrogen and oxygen atoms in total. The van der Waals surface area contributed by atoms with Crippen molar-refractivity contribution in [2.75, 3.05) is 13.1 Å². The Morgan fingerprint density at radius 2 is 2.29 bits per heavy atom. The molecule has 0 amide bonds. The molecule has 17 heavy (non-hydrogen) atoms. The van der Waals surface area contributed by atoms with E-state index in [0.29, 0.717) is 6.04 Å². The van der Waals surface area contributed by atoms with Crippen LogP contribution >= 0.6 is 0 Å². The molecule has 94 valence electrons. The highest BCUT2D eigenvalue weighted by molar-refractivity contribution is 5.02. The predicted molar refractivity (Wildman–Crippen MR) is 67.7 cm³/mol. The summed E-state index contributed by atoms with van der Waals surface area (Å²) in [7, 11) is 0. The molecule has 1 saturated heterocycles. The lowest BCUT2D eigenvalue weighted by atomic mass is 9.99. The Morgan fingerprint density at radius 3 is 2.94 bits per heavy atom. The summed E-state index contributed by atoms with van der Waals surface area (Å²) in [5.41, 5.74) is 0. The average Bonchev–Trinajstić information content (AvgIpc) is 2.89. The Balaban J connectivity index is 1.71. The van der Waals surface area contributed by atoms with Crippen LogP contribution in [0.4, 0.5) is 0 Å². The molecule has 0 spiro atoms. The molecule has 1 aliphatic carbocycles. The van der Waals surface area contributed by atoms with Gasteiger partial charge < -0.3 is 9.73 Å². The highest BCUT2D eigenvalue weighted by atomic mass is 16.3. The maximum Gasteiger partial charge on any atom is 0.117 e. The quantitative estimate of drug-likeness (QED) is 0.847. The second kappa shape index (κ2) is 4.83. The van der Waals surface area contributed by atoms with Crippen LogP contribution in [0.2, 0.25) is 0 Å². The smallest absolute Gasteiger partial charge is 0.117 e. The molecule has 3 rings (SSSR count). The number of rotatable bonds is 5. The van der Waals surface area contributed by atoms with Crippen LogP contribution in [-0.2, 0) is 6.54 Å². The summed E-state index contributed by atoms with van der Waals surface area (Å²) in [5, 5.41) is 3.54. The third-order valence-corrected chi connectivity index (χ3v) is 4.19. The first-order valence-electron chi connectivity index (χ1n) is 6.87. The molecule has 1 aromatic heterocycles. The standard InChI is InChI=1S/C14H22N2O/c1-2-11-8-15-9-14(11)16(12-5-6-12)10-13-4-3-7-17-13/h3-4,7,11-12,14-15H,2,5-6,8-10H2,1H3. The van der Waals surface area contributed by atoms with E-state index >= 15 is 0 Å². The zero-order chi connectivity index (χ0) is 11.7. The third-order valence-electron chi connectivity index (χ3n) is 4.19. The monoisotopic (exact) mass is 234 g/mol. The Kier molecular flexibility index (Phi) is 3.21. The Labute approximate surface area is 103 Å². The van der Waals surface area contributed by atoms with Gasteiger partial charge in [0.2, 0.25) is 0 Å². The van der Waals surface area contributed by atoms with E-state index in [2.05, 4.69) is 23.2 Å². The van der Waals surface area contributed by atoms with Crippen molar-refractivity contribution in [1.82, 2.24) is 10.2 Å². The lowest BCUT2D eigenvalue weighted by Crippen LogP contribution is -2.41.